The van der Waals surface area contributed by atoms with Gasteiger partial charge in [0.1, 0.15) is 5.75 Å². The summed E-state index contributed by atoms with van der Waals surface area (Å²) in [5.41, 5.74) is 8.44. The Kier molecular flexibility index (Phi) is 3.20. The zero-order chi connectivity index (χ0) is 12.4. The van der Waals surface area contributed by atoms with Gasteiger partial charge in [0.05, 0.1) is 5.02 Å². The highest BCUT2D eigenvalue weighted by atomic mass is 35.5. The minimum Gasteiger partial charge on any atom is -0.437 e. The predicted molar refractivity (Wildman–Crippen MR) is 69.6 cm³/mol. The lowest BCUT2D eigenvalue weighted by Gasteiger charge is -2.08. The third kappa shape index (κ3) is 2.68. The van der Waals surface area contributed by atoms with Gasteiger partial charge in [-0.15, -0.1) is 0 Å². The number of nitrogens with zero attached hydrogens (tertiary/aromatic N) is 1. The van der Waals surface area contributed by atoms with Crippen LogP contribution in [0, 0.1) is 13.8 Å². The first-order valence-corrected chi connectivity index (χ1v) is 5.60. The molecule has 3 nitrogen and oxygen atoms in total. The molecule has 0 aliphatic carbocycles. The number of rotatable bonds is 2. The first-order chi connectivity index (χ1) is 8.06. The molecule has 88 valence electrons. The summed E-state index contributed by atoms with van der Waals surface area (Å²) in [6, 6.07) is 7.27. The van der Waals surface area contributed by atoms with Crippen molar-refractivity contribution in [1.29, 1.82) is 0 Å². The summed E-state index contributed by atoms with van der Waals surface area (Å²) in [7, 11) is 0. The smallest absolute Gasteiger partial charge is 0.221 e. The summed E-state index contributed by atoms with van der Waals surface area (Å²) < 4.78 is 5.60. The van der Waals surface area contributed by atoms with E-state index in [1.807, 2.05) is 26.0 Å². The maximum Gasteiger partial charge on any atom is 0.221 e. The molecule has 0 spiro atoms. The van der Waals surface area contributed by atoms with Crippen LogP contribution in [0.2, 0.25) is 5.02 Å². The molecule has 4 heteroatoms. The fraction of sp³-hybridized carbons (Fsp3) is 0.154. The lowest BCUT2D eigenvalue weighted by atomic mass is 10.2. The average Bonchev–Trinajstić information content (AvgIpc) is 2.29. The van der Waals surface area contributed by atoms with Crippen LogP contribution in [0.5, 0.6) is 11.6 Å². The maximum atomic E-state index is 6.03. The molecule has 2 N–H and O–H groups in total. The second kappa shape index (κ2) is 4.63. The zero-order valence-electron chi connectivity index (χ0n) is 9.70. The summed E-state index contributed by atoms with van der Waals surface area (Å²) in [6.07, 6.45) is 1.67. The fourth-order valence-electron chi connectivity index (χ4n) is 1.38. The Labute approximate surface area is 105 Å². The van der Waals surface area contributed by atoms with Crippen LogP contribution in [-0.4, -0.2) is 4.98 Å². The van der Waals surface area contributed by atoms with Gasteiger partial charge < -0.3 is 10.5 Å². The largest absolute Gasteiger partial charge is 0.437 e. The Morgan fingerprint density at radius 1 is 1.24 bits per heavy atom. The molecule has 17 heavy (non-hydrogen) atoms. The molecule has 0 fully saturated rings. The highest BCUT2D eigenvalue weighted by Crippen LogP contribution is 2.30. The summed E-state index contributed by atoms with van der Waals surface area (Å²) in [5.74, 6) is 1.03. The van der Waals surface area contributed by atoms with Crippen molar-refractivity contribution in [1.82, 2.24) is 4.98 Å². The number of hydrogen-bond donors (Lipinski definition) is 1. The normalized spacial score (nSPS) is 10.3. The molecule has 0 saturated heterocycles. The minimum absolute atomic E-state index is 0.445. The summed E-state index contributed by atoms with van der Waals surface area (Å²) in [6.45, 7) is 3.87. The number of aryl methyl sites for hydroxylation is 2. The molecule has 0 atom stereocenters. The quantitative estimate of drug-likeness (QED) is 0.881. The van der Waals surface area contributed by atoms with Crippen molar-refractivity contribution in [3.63, 3.8) is 0 Å². The number of benzene rings is 1. The summed E-state index contributed by atoms with van der Waals surface area (Å²) >= 11 is 6.03. The third-order valence-electron chi connectivity index (χ3n) is 2.42. The molecule has 1 aromatic carbocycles. The van der Waals surface area contributed by atoms with E-state index in [-0.39, 0.29) is 0 Å². The van der Waals surface area contributed by atoms with Crippen LogP contribution in [-0.2, 0) is 0 Å². The number of nitrogens with two attached hydrogens (primary N) is 1. The Balaban J connectivity index is 2.31. The second-order valence-corrected chi connectivity index (χ2v) is 4.32. The van der Waals surface area contributed by atoms with E-state index in [2.05, 4.69) is 4.98 Å². The molecular formula is C13H13ClN2O. The van der Waals surface area contributed by atoms with Crippen LogP contribution in [0.3, 0.4) is 0 Å². The van der Waals surface area contributed by atoms with Crippen molar-refractivity contribution in [2.24, 2.45) is 0 Å². The predicted octanol–water partition coefficient (Wildman–Crippen LogP) is 3.73. The minimum atomic E-state index is 0.445. The van der Waals surface area contributed by atoms with Crippen LogP contribution in [0.1, 0.15) is 11.1 Å². The number of aromatic nitrogens is 1. The summed E-state index contributed by atoms with van der Waals surface area (Å²) in [5, 5.41) is 0.552. The van der Waals surface area contributed by atoms with E-state index in [9.17, 15) is 0 Å². The molecular weight excluding hydrogens is 236 g/mol. The van der Waals surface area contributed by atoms with Gasteiger partial charge in [0, 0.05) is 18.0 Å². The lowest BCUT2D eigenvalue weighted by molar-refractivity contribution is 0.463. The van der Waals surface area contributed by atoms with Gasteiger partial charge in [-0.1, -0.05) is 17.7 Å². The standard InChI is InChI=1S/C13H13ClN2O/c1-8-3-4-10(14)12(5-8)17-13-6-11(15)9(2)7-16-13/h3-7H,1-2H3,(H2,15,16). The van der Waals surface area contributed by atoms with Crippen LogP contribution in [0.15, 0.2) is 30.5 Å². The van der Waals surface area contributed by atoms with Gasteiger partial charge in [0.2, 0.25) is 5.88 Å². The molecule has 1 aromatic heterocycles. The van der Waals surface area contributed by atoms with Crippen molar-refractivity contribution in [2.45, 2.75) is 13.8 Å². The van der Waals surface area contributed by atoms with Gasteiger partial charge in [-0.2, -0.15) is 0 Å². The molecule has 0 aliphatic heterocycles. The SMILES string of the molecule is Cc1ccc(Cl)c(Oc2cc(N)c(C)cn2)c1. The summed E-state index contributed by atoms with van der Waals surface area (Å²) in [4.78, 5) is 4.14. The third-order valence-corrected chi connectivity index (χ3v) is 2.73. The van der Waals surface area contributed by atoms with Gasteiger partial charge in [-0.25, -0.2) is 4.98 Å². The lowest BCUT2D eigenvalue weighted by Crippen LogP contribution is -1.94. The van der Waals surface area contributed by atoms with E-state index < -0.39 is 0 Å². The molecule has 2 aromatic rings. The maximum absolute atomic E-state index is 6.03. The van der Waals surface area contributed by atoms with Crippen molar-refractivity contribution in [3.8, 4) is 11.6 Å². The van der Waals surface area contributed by atoms with E-state index in [0.717, 1.165) is 11.1 Å². The molecule has 2 rings (SSSR count). The number of nitrogen functional groups attached to an aromatic ring is 1. The Morgan fingerprint density at radius 3 is 2.71 bits per heavy atom. The Morgan fingerprint density at radius 2 is 2.00 bits per heavy atom. The van der Waals surface area contributed by atoms with E-state index in [1.165, 1.54) is 0 Å². The zero-order valence-corrected chi connectivity index (χ0v) is 10.5. The van der Waals surface area contributed by atoms with E-state index in [0.29, 0.717) is 22.3 Å². The molecule has 0 bridgehead atoms. The van der Waals surface area contributed by atoms with Crippen LogP contribution in [0.4, 0.5) is 5.69 Å². The first-order valence-electron chi connectivity index (χ1n) is 5.22. The molecule has 0 amide bonds. The van der Waals surface area contributed by atoms with Crippen molar-refractivity contribution in [2.75, 3.05) is 5.73 Å². The van der Waals surface area contributed by atoms with E-state index in [4.69, 9.17) is 22.1 Å². The van der Waals surface area contributed by atoms with Crippen molar-refractivity contribution >= 4 is 17.3 Å². The number of hydrogen-bond acceptors (Lipinski definition) is 3. The van der Waals surface area contributed by atoms with E-state index >= 15 is 0 Å². The molecule has 0 radical (unpaired) electrons. The molecule has 0 unspecified atom stereocenters. The number of pyridine rings is 1. The van der Waals surface area contributed by atoms with Crippen molar-refractivity contribution in [3.05, 3.63) is 46.6 Å². The van der Waals surface area contributed by atoms with Gasteiger partial charge in [-0.05, 0) is 37.1 Å². The van der Waals surface area contributed by atoms with Gasteiger partial charge in [-0.3, -0.25) is 0 Å². The Hall–Kier alpha value is -1.74. The second-order valence-electron chi connectivity index (χ2n) is 3.92. The molecule has 1 heterocycles. The van der Waals surface area contributed by atoms with Crippen LogP contribution in [0.25, 0.3) is 0 Å². The number of anilines is 1. The molecule has 0 aliphatic rings. The molecule has 0 saturated carbocycles. The van der Waals surface area contributed by atoms with E-state index in [1.54, 1.807) is 18.3 Å². The fourth-order valence-corrected chi connectivity index (χ4v) is 1.53. The van der Waals surface area contributed by atoms with Gasteiger partial charge >= 0.3 is 0 Å². The van der Waals surface area contributed by atoms with Crippen LogP contribution >= 0.6 is 11.6 Å². The monoisotopic (exact) mass is 248 g/mol. The average molecular weight is 249 g/mol. The van der Waals surface area contributed by atoms with Crippen molar-refractivity contribution < 1.29 is 4.74 Å². The van der Waals surface area contributed by atoms with Crippen LogP contribution < -0.4 is 10.5 Å². The number of ether oxygens (including phenoxy) is 1. The Bertz CT molecular complexity index is 555. The highest BCUT2D eigenvalue weighted by Gasteiger charge is 2.05. The first kappa shape index (κ1) is 11.7. The highest BCUT2D eigenvalue weighted by molar-refractivity contribution is 6.32. The van der Waals surface area contributed by atoms with Gasteiger partial charge in [0.15, 0.2) is 0 Å². The topological polar surface area (TPSA) is 48.1 Å². The van der Waals surface area contributed by atoms with Gasteiger partial charge in [0.25, 0.3) is 0 Å². The number of halogens is 1.